The van der Waals surface area contributed by atoms with E-state index in [4.69, 9.17) is 14.2 Å². The highest BCUT2D eigenvalue weighted by atomic mass is 32.2. The highest BCUT2D eigenvalue weighted by Crippen LogP contribution is 2.22. The molecule has 10 nitrogen and oxygen atoms in total. The number of carbonyl (C=O) groups is 1. The zero-order chi connectivity index (χ0) is 23.1. The van der Waals surface area contributed by atoms with E-state index in [1.54, 1.807) is 24.3 Å². The van der Waals surface area contributed by atoms with Gasteiger partial charge in [0.1, 0.15) is 0 Å². The number of nitrogens with one attached hydrogen (secondary N) is 2. The van der Waals surface area contributed by atoms with Gasteiger partial charge in [-0.15, -0.1) is 0 Å². The van der Waals surface area contributed by atoms with E-state index < -0.39 is 10.0 Å². The van der Waals surface area contributed by atoms with Crippen LogP contribution in [0.3, 0.4) is 0 Å². The number of sulfonamides is 1. The van der Waals surface area contributed by atoms with Crippen LogP contribution in [0.25, 0.3) is 0 Å². The molecule has 3 saturated heterocycles. The largest absolute Gasteiger partial charge is 0.381 e. The molecular formula is C22H34N4O6S. The molecule has 4 rings (SSSR count). The van der Waals surface area contributed by atoms with E-state index in [-0.39, 0.29) is 17.0 Å². The third kappa shape index (κ3) is 6.43. The van der Waals surface area contributed by atoms with Crippen LogP contribution in [-0.2, 0) is 30.8 Å². The second-order valence-corrected chi connectivity index (χ2v) is 10.5. The zero-order valence-corrected chi connectivity index (χ0v) is 19.7. The molecule has 3 fully saturated rings. The third-order valence-corrected chi connectivity index (χ3v) is 8.39. The van der Waals surface area contributed by atoms with E-state index in [0.717, 1.165) is 38.3 Å². The van der Waals surface area contributed by atoms with Crippen molar-refractivity contribution in [3.8, 4) is 0 Å². The Morgan fingerprint density at radius 2 is 1.61 bits per heavy atom. The van der Waals surface area contributed by atoms with Crippen LogP contribution in [0.1, 0.15) is 12.0 Å². The monoisotopic (exact) mass is 482 g/mol. The first-order chi connectivity index (χ1) is 16.0. The Balaban J connectivity index is 1.26. The lowest BCUT2D eigenvalue weighted by Gasteiger charge is -2.37. The van der Waals surface area contributed by atoms with Crippen LogP contribution in [0.15, 0.2) is 29.2 Å². The Kier molecular flexibility index (Phi) is 8.55. The Labute approximate surface area is 195 Å². The fraction of sp³-hybridized carbons (Fsp3) is 0.682. The molecule has 0 unspecified atom stereocenters. The number of hydrogen-bond donors (Lipinski definition) is 2. The van der Waals surface area contributed by atoms with Crippen LogP contribution in [-0.4, -0.2) is 102 Å². The van der Waals surface area contributed by atoms with Gasteiger partial charge in [-0.25, -0.2) is 13.2 Å². The average Bonchev–Trinajstić information content (AvgIpc) is 3.39. The zero-order valence-electron chi connectivity index (χ0n) is 18.9. The molecule has 3 heterocycles. The van der Waals surface area contributed by atoms with Crippen molar-refractivity contribution in [2.24, 2.45) is 5.92 Å². The fourth-order valence-corrected chi connectivity index (χ4v) is 5.92. The maximum Gasteiger partial charge on any atom is 0.315 e. The number of amides is 2. The highest BCUT2D eigenvalue weighted by molar-refractivity contribution is 7.89. The number of nitrogens with zero attached hydrogens (tertiary/aromatic N) is 2. The van der Waals surface area contributed by atoms with Crippen LogP contribution >= 0.6 is 0 Å². The average molecular weight is 483 g/mol. The van der Waals surface area contributed by atoms with Crippen LogP contribution in [0.5, 0.6) is 0 Å². The third-order valence-electron chi connectivity index (χ3n) is 6.48. The summed E-state index contributed by atoms with van der Waals surface area (Å²) in [6, 6.07) is 6.65. The minimum atomic E-state index is -3.52. The van der Waals surface area contributed by atoms with Crippen LogP contribution in [0.2, 0.25) is 0 Å². The molecule has 33 heavy (non-hydrogen) atoms. The standard InChI is InChI=1S/C22H34N4O6S/c27-22(24-16-21(19-5-10-32-17-19)25-6-11-30-12-7-25)23-15-18-1-3-20(4-2-18)33(28,29)26-8-13-31-14-9-26/h1-4,19,21H,5-17H2,(H2,23,24,27)/t19-,21+/m0/s1. The molecule has 2 amide bonds. The van der Waals surface area contributed by atoms with Crippen molar-refractivity contribution in [3.05, 3.63) is 29.8 Å². The Hall–Kier alpha value is -1.76. The maximum atomic E-state index is 12.7. The first-order valence-electron chi connectivity index (χ1n) is 11.6. The van der Waals surface area contributed by atoms with Gasteiger partial charge in [0.2, 0.25) is 10.0 Å². The minimum absolute atomic E-state index is 0.229. The first-order valence-corrected chi connectivity index (χ1v) is 13.1. The molecule has 1 aromatic rings. The van der Waals surface area contributed by atoms with E-state index in [0.29, 0.717) is 58.5 Å². The van der Waals surface area contributed by atoms with E-state index >= 15 is 0 Å². The molecule has 2 atom stereocenters. The quantitative estimate of drug-likeness (QED) is 0.546. The lowest BCUT2D eigenvalue weighted by molar-refractivity contribution is 0.00212. The number of urea groups is 1. The predicted octanol–water partition coefficient (Wildman–Crippen LogP) is 0.244. The van der Waals surface area contributed by atoms with E-state index in [1.807, 2.05) is 0 Å². The molecular weight excluding hydrogens is 448 g/mol. The maximum absolute atomic E-state index is 12.7. The van der Waals surface area contributed by atoms with Crippen molar-refractivity contribution in [2.75, 3.05) is 72.4 Å². The summed E-state index contributed by atoms with van der Waals surface area (Å²) in [5.74, 6) is 0.407. The SMILES string of the molecule is O=C(NCc1ccc(S(=O)(=O)N2CCOCC2)cc1)NC[C@H]([C@H]1CCOC1)N1CCOCC1. The summed E-state index contributed by atoms with van der Waals surface area (Å²) in [6.45, 7) is 7.09. The number of morpholine rings is 2. The van der Waals surface area contributed by atoms with Crippen molar-refractivity contribution in [3.63, 3.8) is 0 Å². The Morgan fingerprint density at radius 3 is 2.24 bits per heavy atom. The van der Waals surface area contributed by atoms with Crippen molar-refractivity contribution < 1.29 is 27.4 Å². The molecule has 0 bridgehead atoms. The van der Waals surface area contributed by atoms with Gasteiger partial charge in [-0.2, -0.15) is 4.31 Å². The number of benzene rings is 1. The molecule has 3 aliphatic heterocycles. The summed E-state index contributed by atoms with van der Waals surface area (Å²) in [6.07, 6.45) is 1.00. The van der Waals surface area contributed by atoms with E-state index in [2.05, 4.69) is 15.5 Å². The molecule has 1 aromatic carbocycles. The number of hydrogen-bond acceptors (Lipinski definition) is 7. The topological polar surface area (TPSA) is 109 Å². The molecule has 0 radical (unpaired) electrons. The second kappa shape index (κ2) is 11.6. The summed E-state index contributed by atoms with van der Waals surface area (Å²) in [5, 5.41) is 5.87. The van der Waals surface area contributed by atoms with Gasteiger partial charge in [0.05, 0.1) is 37.9 Å². The first kappa shape index (κ1) is 24.4. The van der Waals surface area contributed by atoms with Crippen LogP contribution < -0.4 is 10.6 Å². The highest BCUT2D eigenvalue weighted by Gasteiger charge is 2.31. The number of rotatable bonds is 8. The lowest BCUT2D eigenvalue weighted by atomic mass is 9.97. The number of carbonyl (C=O) groups excluding carboxylic acids is 1. The van der Waals surface area contributed by atoms with Crippen molar-refractivity contribution >= 4 is 16.1 Å². The van der Waals surface area contributed by atoms with Gasteiger partial charge in [-0.3, -0.25) is 4.90 Å². The molecule has 11 heteroatoms. The second-order valence-electron chi connectivity index (χ2n) is 8.56. The Morgan fingerprint density at radius 1 is 0.939 bits per heavy atom. The molecule has 0 aromatic heterocycles. The molecule has 0 spiro atoms. The van der Waals surface area contributed by atoms with Gasteiger partial charge in [-0.05, 0) is 24.1 Å². The van der Waals surface area contributed by atoms with Gasteiger partial charge in [0, 0.05) is 57.8 Å². The summed E-state index contributed by atoms with van der Waals surface area (Å²) in [7, 11) is -3.52. The van der Waals surface area contributed by atoms with Crippen molar-refractivity contribution in [1.82, 2.24) is 19.8 Å². The normalized spacial score (nSPS) is 23.8. The van der Waals surface area contributed by atoms with Gasteiger partial charge in [0.15, 0.2) is 0 Å². The van der Waals surface area contributed by atoms with Crippen LogP contribution in [0.4, 0.5) is 4.79 Å². The summed E-state index contributed by atoms with van der Waals surface area (Å²) in [4.78, 5) is 15.1. The van der Waals surface area contributed by atoms with Gasteiger partial charge < -0.3 is 24.8 Å². The molecule has 184 valence electrons. The van der Waals surface area contributed by atoms with Crippen molar-refractivity contribution in [1.29, 1.82) is 0 Å². The molecule has 0 aliphatic carbocycles. The van der Waals surface area contributed by atoms with E-state index in [1.165, 1.54) is 4.31 Å². The van der Waals surface area contributed by atoms with E-state index in [9.17, 15) is 13.2 Å². The minimum Gasteiger partial charge on any atom is -0.381 e. The smallest absolute Gasteiger partial charge is 0.315 e. The van der Waals surface area contributed by atoms with Gasteiger partial charge >= 0.3 is 6.03 Å². The fourth-order valence-electron chi connectivity index (χ4n) is 4.52. The summed E-state index contributed by atoms with van der Waals surface area (Å²) in [5.41, 5.74) is 0.833. The molecule has 0 saturated carbocycles. The molecule has 2 N–H and O–H groups in total. The summed E-state index contributed by atoms with van der Waals surface area (Å²) >= 11 is 0. The van der Waals surface area contributed by atoms with Gasteiger partial charge in [-0.1, -0.05) is 12.1 Å². The molecule has 3 aliphatic rings. The Bertz CT molecular complexity index is 863. The lowest BCUT2D eigenvalue weighted by Crippen LogP contribution is -2.53. The van der Waals surface area contributed by atoms with Crippen molar-refractivity contribution in [2.45, 2.75) is 23.9 Å². The van der Waals surface area contributed by atoms with Crippen LogP contribution in [0, 0.1) is 5.92 Å². The predicted molar refractivity (Wildman–Crippen MR) is 121 cm³/mol. The number of ether oxygens (including phenoxy) is 3. The van der Waals surface area contributed by atoms with Gasteiger partial charge in [0.25, 0.3) is 0 Å². The summed E-state index contributed by atoms with van der Waals surface area (Å²) < 4.78 is 43.2.